The standard InChI is InChI=1S/C20H22FNO3/c1-14(12-15-8-6-7-11-17(15)21)18(23)22-13-20(2,19(24)25)16-9-4-3-5-10-16/h3-11,14H,12-13H2,1-2H3,(H,22,23)(H,24,25). The van der Waals surface area contributed by atoms with Gasteiger partial charge >= 0.3 is 5.97 Å². The summed E-state index contributed by atoms with van der Waals surface area (Å²) in [6, 6.07) is 15.1. The van der Waals surface area contributed by atoms with Gasteiger partial charge in [-0.3, -0.25) is 9.59 Å². The van der Waals surface area contributed by atoms with E-state index in [0.717, 1.165) is 0 Å². The van der Waals surface area contributed by atoms with E-state index in [0.29, 0.717) is 11.1 Å². The van der Waals surface area contributed by atoms with Crippen LogP contribution in [0.15, 0.2) is 54.6 Å². The molecule has 2 atom stereocenters. The fourth-order valence-electron chi connectivity index (χ4n) is 2.63. The van der Waals surface area contributed by atoms with Crippen LogP contribution >= 0.6 is 0 Å². The summed E-state index contributed by atoms with van der Waals surface area (Å²) in [7, 11) is 0. The summed E-state index contributed by atoms with van der Waals surface area (Å²) in [6.07, 6.45) is 0.258. The molecule has 0 aliphatic carbocycles. The van der Waals surface area contributed by atoms with Crippen LogP contribution in [0.3, 0.4) is 0 Å². The molecule has 0 aliphatic rings. The van der Waals surface area contributed by atoms with E-state index in [4.69, 9.17) is 0 Å². The van der Waals surface area contributed by atoms with E-state index < -0.39 is 17.3 Å². The van der Waals surface area contributed by atoms with Gasteiger partial charge in [0.15, 0.2) is 0 Å². The molecule has 5 heteroatoms. The Balaban J connectivity index is 2.04. The van der Waals surface area contributed by atoms with Crippen molar-refractivity contribution in [3.05, 3.63) is 71.5 Å². The van der Waals surface area contributed by atoms with E-state index in [1.807, 2.05) is 0 Å². The number of carbonyl (C=O) groups is 2. The van der Waals surface area contributed by atoms with Gasteiger partial charge in [-0.15, -0.1) is 0 Å². The lowest BCUT2D eigenvalue weighted by atomic mass is 9.82. The minimum Gasteiger partial charge on any atom is -0.481 e. The average Bonchev–Trinajstić information content (AvgIpc) is 2.61. The van der Waals surface area contributed by atoms with Gasteiger partial charge in [0.2, 0.25) is 5.91 Å². The Kier molecular flexibility index (Phi) is 5.91. The van der Waals surface area contributed by atoms with Crippen LogP contribution in [0.5, 0.6) is 0 Å². The predicted molar refractivity (Wildman–Crippen MR) is 93.7 cm³/mol. The van der Waals surface area contributed by atoms with Crippen LogP contribution in [-0.2, 0) is 21.4 Å². The number of benzene rings is 2. The minimum absolute atomic E-state index is 0.0349. The number of amides is 1. The van der Waals surface area contributed by atoms with E-state index in [1.54, 1.807) is 62.4 Å². The Morgan fingerprint density at radius 1 is 1.12 bits per heavy atom. The summed E-state index contributed by atoms with van der Waals surface area (Å²) in [5.74, 6) is -2.13. The van der Waals surface area contributed by atoms with Gasteiger partial charge in [0.05, 0.1) is 0 Å². The van der Waals surface area contributed by atoms with Crippen molar-refractivity contribution in [2.45, 2.75) is 25.7 Å². The van der Waals surface area contributed by atoms with Crippen molar-refractivity contribution in [1.82, 2.24) is 5.32 Å². The number of carboxylic acid groups (broad SMARTS) is 1. The lowest BCUT2D eigenvalue weighted by Gasteiger charge is -2.26. The number of hydrogen-bond donors (Lipinski definition) is 2. The molecule has 132 valence electrons. The van der Waals surface area contributed by atoms with Crippen LogP contribution in [0.25, 0.3) is 0 Å². The number of rotatable bonds is 7. The van der Waals surface area contributed by atoms with E-state index in [2.05, 4.69) is 5.32 Å². The molecular weight excluding hydrogens is 321 g/mol. The molecule has 0 saturated carbocycles. The molecule has 2 aromatic rings. The molecule has 2 aromatic carbocycles. The van der Waals surface area contributed by atoms with Crippen molar-refractivity contribution in [1.29, 1.82) is 0 Å². The smallest absolute Gasteiger partial charge is 0.315 e. The number of hydrogen-bond acceptors (Lipinski definition) is 2. The van der Waals surface area contributed by atoms with Crippen molar-refractivity contribution in [2.75, 3.05) is 6.54 Å². The maximum absolute atomic E-state index is 13.7. The van der Waals surface area contributed by atoms with Crippen molar-refractivity contribution < 1.29 is 19.1 Å². The molecule has 2 N–H and O–H groups in total. The Bertz CT molecular complexity index is 748. The Morgan fingerprint density at radius 2 is 1.72 bits per heavy atom. The number of carboxylic acids is 1. The van der Waals surface area contributed by atoms with Crippen LogP contribution in [0.4, 0.5) is 4.39 Å². The van der Waals surface area contributed by atoms with Gasteiger partial charge in [-0.05, 0) is 30.5 Å². The summed E-state index contributed by atoms with van der Waals surface area (Å²) in [6.45, 7) is 3.24. The second-order valence-electron chi connectivity index (χ2n) is 6.42. The first kappa shape index (κ1) is 18.6. The first-order chi connectivity index (χ1) is 11.8. The molecular formula is C20H22FNO3. The quantitative estimate of drug-likeness (QED) is 0.811. The van der Waals surface area contributed by atoms with Crippen LogP contribution in [0, 0.1) is 11.7 Å². The molecule has 0 aliphatic heterocycles. The largest absolute Gasteiger partial charge is 0.481 e. The van der Waals surface area contributed by atoms with Gasteiger partial charge in [-0.25, -0.2) is 4.39 Å². The monoisotopic (exact) mass is 343 g/mol. The summed E-state index contributed by atoms with van der Waals surface area (Å²) < 4.78 is 13.7. The van der Waals surface area contributed by atoms with Gasteiger partial charge in [0.1, 0.15) is 11.2 Å². The third-order valence-electron chi connectivity index (χ3n) is 4.43. The predicted octanol–water partition coefficient (Wildman–Crippen LogP) is 3.16. The molecule has 0 fully saturated rings. The fraction of sp³-hybridized carbons (Fsp3) is 0.300. The van der Waals surface area contributed by atoms with Crippen LogP contribution in [0.2, 0.25) is 0 Å². The zero-order chi connectivity index (χ0) is 18.4. The molecule has 25 heavy (non-hydrogen) atoms. The first-order valence-corrected chi connectivity index (χ1v) is 8.14. The van der Waals surface area contributed by atoms with Crippen LogP contribution in [-0.4, -0.2) is 23.5 Å². The van der Waals surface area contributed by atoms with Gasteiger partial charge in [0, 0.05) is 12.5 Å². The Labute approximate surface area is 146 Å². The molecule has 1 amide bonds. The Morgan fingerprint density at radius 3 is 2.32 bits per heavy atom. The normalized spacial score (nSPS) is 14.4. The second kappa shape index (κ2) is 7.92. The number of aliphatic carboxylic acids is 1. The summed E-state index contributed by atoms with van der Waals surface area (Å²) >= 11 is 0. The molecule has 4 nitrogen and oxygen atoms in total. The fourth-order valence-corrected chi connectivity index (χ4v) is 2.63. The number of carbonyl (C=O) groups excluding carboxylic acids is 1. The van der Waals surface area contributed by atoms with Crippen molar-refractivity contribution >= 4 is 11.9 Å². The van der Waals surface area contributed by atoms with Crippen LogP contribution < -0.4 is 5.32 Å². The zero-order valence-electron chi connectivity index (χ0n) is 14.3. The number of nitrogens with one attached hydrogen (secondary N) is 1. The van der Waals surface area contributed by atoms with E-state index >= 15 is 0 Å². The zero-order valence-corrected chi connectivity index (χ0v) is 14.3. The third-order valence-corrected chi connectivity index (χ3v) is 4.43. The third kappa shape index (κ3) is 4.44. The topological polar surface area (TPSA) is 66.4 Å². The molecule has 2 rings (SSSR count). The maximum Gasteiger partial charge on any atom is 0.315 e. The molecule has 0 radical (unpaired) electrons. The highest BCUT2D eigenvalue weighted by molar-refractivity contribution is 5.84. The highest BCUT2D eigenvalue weighted by Gasteiger charge is 2.35. The number of halogens is 1. The minimum atomic E-state index is -1.23. The highest BCUT2D eigenvalue weighted by Crippen LogP contribution is 2.23. The van der Waals surface area contributed by atoms with E-state index in [9.17, 15) is 19.1 Å². The van der Waals surface area contributed by atoms with Crippen molar-refractivity contribution in [3.8, 4) is 0 Å². The van der Waals surface area contributed by atoms with Crippen LogP contribution in [0.1, 0.15) is 25.0 Å². The van der Waals surface area contributed by atoms with Crippen molar-refractivity contribution in [3.63, 3.8) is 0 Å². The summed E-state index contributed by atoms with van der Waals surface area (Å²) in [5.41, 5.74) is -0.145. The lowest BCUT2D eigenvalue weighted by Crippen LogP contribution is -2.45. The van der Waals surface area contributed by atoms with Gasteiger partial charge < -0.3 is 10.4 Å². The summed E-state index contributed by atoms with van der Waals surface area (Å²) in [4.78, 5) is 24.1. The van der Waals surface area contributed by atoms with Gasteiger partial charge in [-0.1, -0.05) is 55.5 Å². The van der Waals surface area contributed by atoms with Crippen molar-refractivity contribution in [2.24, 2.45) is 5.92 Å². The van der Waals surface area contributed by atoms with E-state index in [-0.39, 0.29) is 24.7 Å². The van der Waals surface area contributed by atoms with Gasteiger partial charge in [-0.2, -0.15) is 0 Å². The SMILES string of the molecule is CC(Cc1ccccc1F)C(=O)NCC(C)(C(=O)O)c1ccccc1. The molecule has 0 aromatic heterocycles. The second-order valence-corrected chi connectivity index (χ2v) is 6.42. The molecule has 0 spiro atoms. The maximum atomic E-state index is 13.7. The Hall–Kier alpha value is -2.69. The molecule has 0 bridgehead atoms. The first-order valence-electron chi connectivity index (χ1n) is 8.14. The van der Waals surface area contributed by atoms with E-state index in [1.165, 1.54) is 6.07 Å². The molecule has 2 unspecified atom stereocenters. The lowest BCUT2D eigenvalue weighted by molar-refractivity contribution is -0.143. The molecule has 0 heterocycles. The average molecular weight is 343 g/mol. The highest BCUT2D eigenvalue weighted by atomic mass is 19.1. The summed E-state index contributed by atoms with van der Waals surface area (Å²) in [5, 5.41) is 12.3. The van der Waals surface area contributed by atoms with Gasteiger partial charge in [0.25, 0.3) is 0 Å². The molecule has 0 saturated heterocycles.